The standard InChI is InChI=1S/C19H25NO2/c1-22-19(21)14-16-7-5-15(6-8-16)13-17-9-11-20(12-10-17)18-3-2-4-18/h5-8,13,18H,2-4,9-12,14H2,1H3. The van der Waals surface area contributed by atoms with Crippen molar-refractivity contribution < 1.29 is 9.53 Å². The molecule has 0 N–H and O–H groups in total. The highest BCUT2D eigenvalue weighted by Crippen LogP contribution is 2.29. The number of likely N-dealkylation sites (tertiary alicyclic amines) is 1. The maximum absolute atomic E-state index is 11.3. The Hall–Kier alpha value is -1.61. The van der Waals surface area contributed by atoms with E-state index >= 15 is 0 Å². The predicted octanol–water partition coefficient (Wildman–Crippen LogP) is 3.43. The number of esters is 1. The number of piperidine rings is 1. The number of rotatable bonds is 4. The van der Waals surface area contributed by atoms with Gasteiger partial charge in [0.05, 0.1) is 13.5 Å². The van der Waals surface area contributed by atoms with E-state index in [-0.39, 0.29) is 5.97 Å². The summed E-state index contributed by atoms with van der Waals surface area (Å²) in [6.45, 7) is 2.44. The van der Waals surface area contributed by atoms with Crippen molar-refractivity contribution in [1.29, 1.82) is 0 Å². The van der Waals surface area contributed by atoms with Crippen LogP contribution in [0.15, 0.2) is 29.8 Å². The Labute approximate surface area is 133 Å². The van der Waals surface area contributed by atoms with Gasteiger partial charge in [-0.3, -0.25) is 9.69 Å². The van der Waals surface area contributed by atoms with Crippen molar-refractivity contribution in [1.82, 2.24) is 4.90 Å². The van der Waals surface area contributed by atoms with Gasteiger partial charge in [0.2, 0.25) is 0 Å². The number of carbonyl (C=O) groups excluding carboxylic acids is 1. The quantitative estimate of drug-likeness (QED) is 0.798. The zero-order valence-electron chi connectivity index (χ0n) is 13.4. The second-order valence-corrected chi connectivity index (χ2v) is 6.42. The number of ether oxygens (including phenoxy) is 1. The molecule has 0 unspecified atom stereocenters. The average molecular weight is 299 g/mol. The Balaban J connectivity index is 1.55. The summed E-state index contributed by atoms with van der Waals surface area (Å²) in [6, 6.07) is 9.12. The van der Waals surface area contributed by atoms with Crippen molar-refractivity contribution in [2.24, 2.45) is 0 Å². The molecule has 0 spiro atoms. The Morgan fingerprint density at radius 3 is 2.45 bits per heavy atom. The molecule has 1 aromatic rings. The highest BCUT2D eigenvalue weighted by atomic mass is 16.5. The van der Waals surface area contributed by atoms with Gasteiger partial charge in [0, 0.05) is 19.1 Å². The van der Waals surface area contributed by atoms with E-state index in [0.717, 1.165) is 11.6 Å². The first-order valence-electron chi connectivity index (χ1n) is 8.34. The van der Waals surface area contributed by atoms with Gasteiger partial charge in [-0.05, 0) is 36.8 Å². The summed E-state index contributed by atoms with van der Waals surface area (Å²) in [7, 11) is 1.43. The lowest BCUT2D eigenvalue weighted by atomic mass is 9.89. The summed E-state index contributed by atoms with van der Waals surface area (Å²) < 4.78 is 4.69. The number of nitrogens with zero attached hydrogens (tertiary/aromatic N) is 1. The smallest absolute Gasteiger partial charge is 0.309 e. The van der Waals surface area contributed by atoms with Gasteiger partial charge in [-0.25, -0.2) is 0 Å². The third kappa shape index (κ3) is 3.77. The first-order chi connectivity index (χ1) is 10.7. The molecule has 0 atom stereocenters. The van der Waals surface area contributed by atoms with Crippen LogP contribution >= 0.6 is 0 Å². The second-order valence-electron chi connectivity index (χ2n) is 6.42. The van der Waals surface area contributed by atoms with Crippen molar-refractivity contribution in [3.8, 4) is 0 Å². The fourth-order valence-corrected chi connectivity index (χ4v) is 3.28. The van der Waals surface area contributed by atoms with Crippen LogP contribution in [0.3, 0.4) is 0 Å². The van der Waals surface area contributed by atoms with E-state index < -0.39 is 0 Å². The van der Waals surface area contributed by atoms with Crippen molar-refractivity contribution in [2.45, 2.75) is 44.6 Å². The molecule has 0 bridgehead atoms. The Kier molecular flexibility index (Phi) is 4.94. The molecule has 1 aliphatic heterocycles. The molecule has 3 heteroatoms. The molecule has 118 valence electrons. The zero-order chi connectivity index (χ0) is 15.4. The van der Waals surface area contributed by atoms with Crippen LogP contribution in [-0.2, 0) is 16.0 Å². The van der Waals surface area contributed by atoms with Gasteiger partial charge in [0.15, 0.2) is 0 Å². The van der Waals surface area contributed by atoms with Crippen molar-refractivity contribution in [3.63, 3.8) is 0 Å². The van der Waals surface area contributed by atoms with Crippen LogP contribution in [0.4, 0.5) is 0 Å². The summed E-state index contributed by atoms with van der Waals surface area (Å²) in [6.07, 6.45) is 9.29. The maximum Gasteiger partial charge on any atom is 0.309 e. The summed E-state index contributed by atoms with van der Waals surface area (Å²) in [5.41, 5.74) is 3.80. The highest BCUT2D eigenvalue weighted by Gasteiger charge is 2.26. The molecule has 1 saturated heterocycles. The summed E-state index contributed by atoms with van der Waals surface area (Å²) in [5, 5.41) is 0. The van der Waals surface area contributed by atoms with Crippen molar-refractivity contribution >= 4 is 12.0 Å². The van der Waals surface area contributed by atoms with Crippen molar-refractivity contribution in [2.75, 3.05) is 20.2 Å². The van der Waals surface area contributed by atoms with Gasteiger partial charge < -0.3 is 4.74 Å². The van der Waals surface area contributed by atoms with Gasteiger partial charge in [0.1, 0.15) is 0 Å². The normalized spacial score (nSPS) is 19.6. The third-order valence-corrected chi connectivity index (χ3v) is 4.96. The molecule has 0 aromatic heterocycles. The lowest BCUT2D eigenvalue weighted by Gasteiger charge is -2.40. The van der Waals surface area contributed by atoms with Gasteiger partial charge >= 0.3 is 5.97 Å². The number of hydrogen-bond donors (Lipinski definition) is 0. The Morgan fingerprint density at radius 1 is 1.23 bits per heavy atom. The third-order valence-electron chi connectivity index (χ3n) is 4.96. The molecule has 0 amide bonds. The van der Waals surface area contributed by atoms with Crippen LogP contribution in [0.5, 0.6) is 0 Å². The molecule has 3 nitrogen and oxygen atoms in total. The van der Waals surface area contributed by atoms with E-state index in [2.05, 4.69) is 23.1 Å². The fraction of sp³-hybridized carbons (Fsp3) is 0.526. The zero-order valence-corrected chi connectivity index (χ0v) is 13.4. The van der Waals surface area contributed by atoms with E-state index in [4.69, 9.17) is 4.74 Å². The Bertz CT molecular complexity index is 533. The predicted molar refractivity (Wildman–Crippen MR) is 88.6 cm³/mol. The molecule has 2 aliphatic rings. The van der Waals surface area contributed by atoms with E-state index in [0.29, 0.717) is 6.42 Å². The van der Waals surface area contributed by atoms with Crippen LogP contribution in [-0.4, -0.2) is 37.1 Å². The monoisotopic (exact) mass is 299 g/mol. The number of hydrogen-bond acceptors (Lipinski definition) is 3. The lowest BCUT2D eigenvalue weighted by Crippen LogP contribution is -2.43. The van der Waals surface area contributed by atoms with Crippen LogP contribution < -0.4 is 0 Å². The fourth-order valence-electron chi connectivity index (χ4n) is 3.28. The van der Waals surface area contributed by atoms with Gasteiger partial charge in [-0.15, -0.1) is 0 Å². The minimum Gasteiger partial charge on any atom is -0.469 e. The summed E-state index contributed by atoms with van der Waals surface area (Å²) in [4.78, 5) is 13.9. The molecule has 22 heavy (non-hydrogen) atoms. The van der Waals surface area contributed by atoms with Crippen LogP contribution in [0.2, 0.25) is 0 Å². The maximum atomic E-state index is 11.3. The lowest BCUT2D eigenvalue weighted by molar-refractivity contribution is -0.139. The minimum absolute atomic E-state index is 0.186. The van der Waals surface area contributed by atoms with Crippen molar-refractivity contribution in [3.05, 3.63) is 41.0 Å². The Morgan fingerprint density at radius 2 is 1.91 bits per heavy atom. The SMILES string of the molecule is COC(=O)Cc1ccc(C=C2CCN(C3CCC3)CC2)cc1. The molecule has 1 aliphatic carbocycles. The van der Waals surface area contributed by atoms with E-state index in [1.54, 1.807) is 5.57 Å². The second kappa shape index (κ2) is 7.10. The molecule has 1 aromatic carbocycles. The molecule has 0 radical (unpaired) electrons. The van der Waals surface area contributed by atoms with Gasteiger partial charge in [-0.2, -0.15) is 0 Å². The first kappa shape index (κ1) is 15.3. The topological polar surface area (TPSA) is 29.5 Å². The average Bonchev–Trinajstić information content (AvgIpc) is 2.49. The molecule has 1 saturated carbocycles. The summed E-state index contributed by atoms with van der Waals surface area (Å²) in [5.74, 6) is -0.186. The first-order valence-corrected chi connectivity index (χ1v) is 8.34. The van der Waals surface area contributed by atoms with Gasteiger partial charge in [0.25, 0.3) is 0 Å². The molecule has 1 heterocycles. The molecule has 2 fully saturated rings. The molecular formula is C19H25NO2. The van der Waals surface area contributed by atoms with E-state index in [9.17, 15) is 4.79 Å². The largest absolute Gasteiger partial charge is 0.469 e. The number of benzene rings is 1. The molecule has 3 rings (SSSR count). The van der Waals surface area contributed by atoms with E-state index in [1.807, 2.05) is 12.1 Å². The molecular weight excluding hydrogens is 274 g/mol. The summed E-state index contributed by atoms with van der Waals surface area (Å²) >= 11 is 0. The van der Waals surface area contributed by atoms with E-state index in [1.165, 1.54) is 57.9 Å². The number of methoxy groups -OCH3 is 1. The highest BCUT2D eigenvalue weighted by molar-refractivity contribution is 5.72. The minimum atomic E-state index is -0.186. The van der Waals surface area contributed by atoms with Crippen LogP contribution in [0, 0.1) is 0 Å². The van der Waals surface area contributed by atoms with Crippen LogP contribution in [0.25, 0.3) is 6.08 Å². The number of carbonyl (C=O) groups is 1. The van der Waals surface area contributed by atoms with Gasteiger partial charge in [-0.1, -0.05) is 42.3 Å². The van der Waals surface area contributed by atoms with Crippen LogP contribution in [0.1, 0.15) is 43.2 Å².